The molecule has 0 aromatic heterocycles. The Morgan fingerprint density at radius 1 is 0.967 bits per heavy atom. The fraction of sp³-hybridized carbons (Fsp3) is 0.375. The van der Waals surface area contributed by atoms with E-state index in [2.05, 4.69) is 0 Å². The average Bonchev–Trinajstić information content (AvgIpc) is 3.05. The minimum Gasteiger partial charge on any atom is -0.327 e. The SMILES string of the molecule is O=C1CC(N(C(=O)Cc2ccc(Cl)cc2)C2CCCCC2)C(=O)N1c1ccccc1. The molecule has 0 radical (unpaired) electrons. The van der Waals surface area contributed by atoms with Gasteiger partial charge in [-0.3, -0.25) is 14.4 Å². The largest absolute Gasteiger partial charge is 0.327 e. The summed E-state index contributed by atoms with van der Waals surface area (Å²) >= 11 is 5.96. The number of carbonyl (C=O) groups is 3. The Labute approximate surface area is 181 Å². The molecule has 2 aromatic rings. The van der Waals surface area contributed by atoms with E-state index in [1.807, 2.05) is 18.2 Å². The maximum absolute atomic E-state index is 13.4. The summed E-state index contributed by atoms with van der Waals surface area (Å²) in [5.74, 6) is -0.664. The van der Waals surface area contributed by atoms with Gasteiger partial charge in [0.1, 0.15) is 6.04 Å². The highest BCUT2D eigenvalue weighted by Gasteiger charge is 2.46. The molecule has 0 spiro atoms. The third-order valence-corrected chi connectivity index (χ3v) is 6.25. The number of benzene rings is 2. The molecule has 4 rings (SSSR count). The Morgan fingerprint density at radius 2 is 1.63 bits per heavy atom. The van der Waals surface area contributed by atoms with Crippen molar-refractivity contribution in [3.05, 3.63) is 65.2 Å². The Bertz CT molecular complexity index is 923. The predicted octanol–water partition coefficient (Wildman–Crippen LogP) is 4.38. The van der Waals surface area contributed by atoms with E-state index in [1.54, 1.807) is 41.3 Å². The zero-order valence-corrected chi connectivity index (χ0v) is 17.6. The van der Waals surface area contributed by atoms with E-state index in [1.165, 1.54) is 4.90 Å². The molecule has 2 fully saturated rings. The van der Waals surface area contributed by atoms with Crippen molar-refractivity contribution in [2.75, 3.05) is 4.90 Å². The molecule has 1 saturated heterocycles. The lowest BCUT2D eigenvalue weighted by Crippen LogP contribution is -2.51. The van der Waals surface area contributed by atoms with Crippen LogP contribution >= 0.6 is 11.6 Å². The van der Waals surface area contributed by atoms with Crippen LogP contribution < -0.4 is 4.90 Å². The van der Waals surface area contributed by atoms with E-state index in [-0.39, 0.29) is 36.6 Å². The van der Waals surface area contributed by atoms with E-state index in [0.717, 1.165) is 37.7 Å². The Kier molecular flexibility index (Phi) is 6.18. The molecule has 156 valence electrons. The molecule has 1 saturated carbocycles. The first-order valence-corrected chi connectivity index (χ1v) is 10.9. The van der Waals surface area contributed by atoms with Gasteiger partial charge in [0.15, 0.2) is 0 Å². The number of rotatable bonds is 5. The fourth-order valence-electron chi connectivity index (χ4n) is 4.54. The summed E-state index contributed by atoms with van der Waals surface area (Å²) in [5.41, 5.74) is 1.41. The van der Waals surface area contributed by atoms with Gasteiger partial charge in [-0.25, -0.2) is 4.90 Å². The van der Waals surface area contributed by atoms with Crippen LogP contribution in [-0.4, -0.2) is 34.7 Å². The second kappa shape index (κ2) is 9.00. The second-order valence-electron chi connectivity index (χ2n) is 8.02. The van der Waals surface area contributed by atoms with Gasteiger partial charge in [-0.2, -0.15) is 0 Å². The number of carbonyl (C=O) groups excluding carboxylic acids is 3. The van der Waals surface area contributed by atoms with Crippen LogP contribution in [0.1, 0.15) is 44.1 Å². The van der Waals surface area contributed by atoms with Crippen LogP contribution in [0.5, 0.6) is 0 Å². The lowest BCUT2D eigenvalue weighted by atomic mass is 9.92. The van der Waals surface area contributed by atoms with Crippen LogP contribution in [-0.2, 0) is 20.8 Å². The summed E-state index contributed by atoms with van der Waals surface area (Å²) in [7, 11) is 0. The highest BCUT2D eigenvalue weighted by molar-refractivity contribution is 6.30. The van der Waals surface area contributed by atoms with Gasteiger partial charge in [0.2, 0.25) is 11.8 Å². The van der Waals surface area contributed by atoms with E-state index >= 15 is 0 Å². The summed E-state index contributed by atoms with van der Waals surface area (Å²) in [6.07, 6.45) is 5.18. The maximum atomic E-state index is 13.4. The van der Waals surface area contributed by atoms with E-state index < -0.39 is 6.04 Å². The van der Waals surface area contributed by atoms with Crippen LogP contribution in [0.3, 0.4) is 0 Å². The van der Waals surface area contributed by atoms with Gasteiger partial charge < -0.3 is 4.90 Å². The van der Waals surface area contributed by atoms with Crippen molar-refractivity contribution in [3.8, 4) is 0 Å². The molecule has 1 unspecified atom stereocenters. The molecule has 1 aliphatic carbocycles. The first-order chi connectivity index (χ1) is 14.5. The van der Waals surface area contributed by atoms with E-state index in [4.69, 9.17) is 11.6 Å². The number of halogens is 1. The lowest BCUT2D eigenvalue weighted by molar-refractivity contribution is -0.141. The summed E-state index contributed by atoms with van der Waals surface area (Å²) < 4.78 is 0. The fourth-order valence-corrected chi connectivity index (χ4v) is 4.67. The van der Waals surface area contributed by atoms with Gasteiger partial charge >= 0.3 is 0 Å². The molecule has 1 heterocycles. The Morgan fingerprint density at radius 3 is 2.30 bits per heavy atom. The molecular formula is C24H25ClN2O3. The normalized spacial score (nSPS) is 19.9. The van der Waals surface area contributed by atoms with Gasteiger partial charge in [0, 0.05) is 11.1 Å². The van der Waals surface area contributed by atoms with Crippen molar-refractivity contribution in [2.45, 2.75) is 57.0 Å². The molecule has 2 aliphatic rings. The van der Waals surface area contributed by atoms with Crippen molar-refractivity contribution in [3.63, 3.8) is 0 Å². The highest BCUT2D eigenvalue weighted by Crippen LogP contribution is 2.31. The molecule has 5 nitrogen and oxygen atoms in total. The van der Waals surface area contributed by atoms with Crippen molar-refractivity contribution < 1.29 is 14.4 Å². The number of anilines is 1. The molecular weight excluding hydrogens is 400 g/mol. The Balaban J connectivity index is 1.60. The van der Waals surface area contributed by atoms with Crippen LogP contribution in [0.25, 0.3) is 0 Å². The topological polar surface area (TPSA) is 57.7 Å². The first kappa shape index (κ1) is 20.6. The molecule has 6 heteroatoms. The molecule has 30 heavy (non-hydrogen) atoms. The lowest BCUT2D eigenvalue weighted by Gasteiger charge is -2.37. The molecule has 1 aliphatic heterocycles. The molecule has 2 aromatic carbocycles. The standard InChI is InChI=1S/C24H25ClN2O3/c25-18-13-11-17(12-14-18)15-22(28)26(19-7-3-1-4-8-19)21-16-23(29)27(24(21)30)20-9-5-2-6-10-20/h2,5-6,9-14,19,21H,1,3-4,7-8,15-16H2. The Hall–Kier alpha value is -2.66. The van der Waals surface area contributed by atoms with Gasteiger partial charge in [0.25, 0.3) is 5.91 Å². The summed E-state index contributed by atoms with van der Waals surface area (Å²) in [6.45, 7) is 0. The van der Waals surface area contributed by atoms with Gasteiger partial charge in [-0.1, -0.05) is 61.2 Å². The number of hydrogen-bond acceptors (Lipinski definition) is 3. The summed E-state index contributed by atoms with van der Waals surface area (Å²) in [4.78, 5) is 42.4. The van der Waals surface area contributed by atoms with Crippen molar-refractivity contribution in [2.24, 2.45) is 0 Å². The molecule has 3 amide bonds. The average molecular weight is 425 g/mol. The highest BCUT2D eigenvalue weighted by atomic mass is 35.5. The quantitative estimate of drug-likeness (QED) is 0.669. The van der Waals surface area contributed by atoms with Crippen LogP contribution in [0.2, 0.25) is 5.02 Å². The predicted molar refractivity (Wildman–Crippen MR) is 116 cm³/mol. The zero-order valence-electron chi connectivity index (χ0n) is 16.8. The smallest absolute Gasteiger partial charge is 0.257 e. The van der Waals surface area contributed by atoms with Crippen molar-refractivity contribution in [1.82, 2.24) is 4.90 Å². The number of hydrogen-bond donors (Lipinski definition) is 0. The van der Waals surface area contributed by atoms with E-state index in [0.29, 0.717) is 10.7 Å². The first-order valence-electron chi connectivity index (χ1n) is 10.5. The van der Waals surface area contributed by atoms with Gasteiger partial charge in [-0.15, -0.1) is 0 Å². The number of para-hydroxylation sites is 1. The van der Waals surface area contributed by atoms with Gasteiger partial charge in [-0.05, 0) is 42.7 Å². The van der Waals surface area contributed by atoms with Gasteiger partial charge in [0.05, 0.1) is 18.5 Å². The maximum Gasteiger partial charge on any atom is 0.257 e. The van der Waals surface area contributed by atoms with Crippen LogP contribution in [0.4, 0.5) is 5.69 Å². The minimum atomic E-state index is -0.736. The third-order valence-electron chi connectivity index (χ3n) is 6.00. The third kappa shape index (κ3) is 4.26. The number of amides is 3. The molecule has 1 atom stereocenters. The minimum absolute atomic E-state index is 0.00368. The molecule has 0 N–H and O–H groups in total. The number of nitrogens with zero attached hydrogens (tertiary/aromatic N) is 2. The second-order valence-corrected chi connectivity index (χ2v) is 8.46. The summed E-state index contributed by atoms with van der Waals surface area (Å²) in [5, 5.41) is 0.616. The van der Waals surface area contributed by atoms with Crippen molar-refractivity contribution in [1.29, 1.82) is 0 Å². The monoisotopic (exact) mass is 424 g/mol. The number of imide groups is 1. The summed E-state index contributed by atoms with van der Waals surface area (Å²) in [6, 6.07) is 15.4. The zero-order chi connectivity index (χ0) is 21.1. The van der Waals surface area contributed by atoms with Crippen molar-refractivity contribution >= 4 is 35.0 Å². The molecule has 0 bridgehead atoms. The van der Waals surface area contributed by atoms with E-state index in [9.17, 15) is 14.4 Å². The van der Waals surface area contributed by atoms with Crippen LogP contribution in [0, 0.1) is 0 Å². The van der Waals surface area contributed by atoms with Crippen LogP contribution in [0.15, 0.2) is 54.6 Å².